The molecule has 0 bridgehead atoms. The summed E-state index contributed by atoms with van der Waals surface area (Å²) in [6.45, 7) is 3.12. The highest BCUT2D eigenvalue weighted by Gasteiger charge is 2.36. The van der Waals surface area contributed by atoms with Crippen LogP contribution in [0.5, 0.6) is 0 Å². The molecule has 0 saturated heterocycles. The van der Waals surface area contributed by atoms with Crippen molar-refractivity contribution in [3.05, 3.63) is 48.4 Å². The Balaban J connectivity index is 1.55. The molecule has 1 N–H and O–H groups in total. The lowest BCUT2D eigenvalue weighted by molar-refractivity contribution is -0.114. The number of hydrogen-bond donors (Lipinski definition) is 1. The molecule has 0 atom stereocenters. The van der Waals surface area contributed by atoms with Gasteiger partial charge in [-0.15, -0.1) is 0 Å². The zero-order chi connectivity index (χ0) is 24.0. The van der Waals surface area contributed by atoms with E-state index < -0.39 is 31.6 Å². The summed E-state index contributed by atoms with van der Waals surface area (Å²) >= 11 is 0. The number of anilines is 1. The van der Waals surface area contributed by atoms with Gasteiger partial charge in [-0.1, -0.05) is 17.7 Å². The first-order chi connectivity index (χ1) is 15.5. The second kappa shape index (κ2) is 8.50. The van der Waals surface area contributed by atoms with Crippen LogP contribution in [0.4, 0.5) is 5.82 Å². The molecular formula is C21H25N5O5S2. The summed E-state index contributed by atoms with van der Waals surface area (Å²) in [7, 11) is -5.64. The second-order valence-corrected chi connectivity index (χ2v) is 11.9. The number of sulfonamides is 1. The molecule has 2 aromatic heterocycles. The molecule has 1 saturated carbocycles. The van der Waals surface area contributed by atoms with Gasteiger partial charge in [0.25, 0.3) is 10.0 Å². The summed E-state index contributed by atoms with van der Waals surface area (Å²) in [5.41, 5.74) is 1.23. The molecule has 4 rings (SSSR count). The van der Waals surface area contributed by atoms with E-state index in [1.165, 1.54) is 19.4 Å². The first-order valence-corrected chi connectivity index (χ1v) is 13.4. The largest absolute Gasteiger partial charge is 0.356 e. The molecule has 0 unspecified atom stereocenters. The van der Waals surface area contributed by atoms with E-state index in [0.717, 1.165) is 9.54 Å². The monoisotopic (exact) mass is 491 g/mol. The molecule has 1 aromatic carbocycles. The fraction of sp³-hybridized carbons (Fsp3) is 0.381. The number of ketones is 1. The molecule has 0 radical (unpaired) electrons. The smallest absolute Gasteiger partial charge is 0.269 e. The summed E-state index contributed by atoms with van der Waals surface area (Å²) in [5, 5.41) is 0.580. The van der Waals surface area contributed by atoms with Crippen molar-refractivity contribution < 1.29 is 21.6 Å². The van der Waals surface area contributed by atoms with Crippen molar-refractivity contribution >= 4 is 42.7 Å². The lowest BCUT2D eigenvalue weighted by atomic mass is 9.86. The summed E-state index contributed by atoms with van der Waals surface area (Å²) in [5.74, 6) is -0.378. The Hall–Kier alpha value is -2.83. The molecular weight excluding hydrogens is 466 g/mol. The second-order valence-electron chi connectivity index (χ2n) is 8.38. The number of nitrogens with one attached hydrogen (secondary N) is 1. The van der Waals surface area contributed by atoms with E-state index in [0.29, 0.717) is 24.0 Å². The van der Waals surface area contributed by atoms with E-state index in [2.05, 4.69) is 14.7 Å². The van der Waals surface area contributed by atoms with E-state index in [1.54, 1.807) is 30.3 Å². The third kappa shape index (κ3) is 4.63. The highest BCUT2D eigenvalue weighted by Crippen LogP contribution is 2.33. The van der Waals surface area contributed by atoms with Gasteiger partial charge in [-0.25, -0.2) is 35.5 Å². The summed E-state index contributed by atoms with van der Waals surface area (Å²) < 4.78 is 53.9. The molecule has 1 fully saturated rings. The number of carbonyl (C=O) groups excluding carboxylic acids is 1. The van der Waals surface area contributed by atoms with Gasteiger partial charge >= 0.3 is 0 Å². The summed E-state index contributed by atoms with van der Waals surface area (Å²) in [6, 6.07) is 8.02. The van der Waals surface area contributed by atoms with Gasteiger partial charge in [-0.05, 0) is 44.9 Å². The van der Waals surface area contributed by atoms with Gasteiger partial charge < -0.3 is 4.90 Å². The van der Waals surface area contributed by atoms with Gasteiger partial charge in [-0.3, -0.25) is 4.79 Å². The molecule has 176 valence electrons. The van der Waals surface area contributed by atoms with Crippen molar-refractivity contribution in [1.29, 1.82) is 0 Å². The van der Waals surface area contributed by atoms with Gasteiger partial charge in [0.2, 0.25) is 10.0 Å². The summed E-state index contributed by atoms with van der Waals surface area (Å²) in [4.78, 5) is 21.8. The number of nitrogens with zero attached hydrogens (tertiary/aromatic N) is 4. The van der Waals surface area contributed by atoms with E-state index in [4.69, 9.17) is 0 Å². The lowest BCUT2D eigenvalue weighted by Crippen LogP contribution is -2.53. The predicted octanol–water partition coefficient (Wildman–Crippen LogP) is 1.45. The van der Waals surface area contributed by atoms with Crippen molar-refractivity contribution in [3.8, 4) is 0 Å². The Morgan fingerprint density at radius 3 is 2.42 bits per heavy atom. The maximum Gasteiger partial charge on any atom is 0.269 e. The van der Waals surface area contributed by atoms with Crippen LogP contribution in [0.1, 0.15) is 25.3 Å². The van der Waals surface area contributed by atoms with Crippen molar-refractivity contribution in [2.75, 3.05) is 17.7 Å². The first kappa shape index (κ1) is 23.3. The van der Waals surface area contributed by atoms with Crippen LogP contribution >= 0.6 is 0 Å². The molecule has 10 nitrogen and oxygen atoms in total. The third-order valence-corrected chi connectivity index (χ3v) is 8.90. The van der Waals surface area contributed by atoms with Crippen LogP contribution in [-0.4, -0.2) is 61.4 Å². The SMILES string of the molecule is CC(=O)CS(=O)(=O)N[C@H]1C[C@@H](N(C)c2ncnc3c2ccn3S(=O)(=O)c2ccc(C)cc2)C1. The fourth-order valence-corrected chi connectivity index (χ4v) is 6.57. The molecule has 33 heavy (non-hydrogen) atoms. The number of hydrogen-bond acceptors (Lipinski definition) is 8. The number of aryl methyl sites for hydroxylation is 1. The molecule has 0 aliphatic heterocycles. The minimum atomic E-state index is -3.83. The normalized spacial score (nSPS) is 18.8. The standard InChI is InChI=1S/C21H25N5O5S2/c1-14-4-6-18(7-5-14)33(30,31)26-9-8-19-20(22-13-23-21(19)26)25(3)17-10-16(11-17)24-32(28,29)12-15(2)27/h4-9,13,16-17,24H,10-12H2,1-3H3/t16-,17+. The van der Waals surface area contributed by atoms with Crippen LogP contribution in [0, 0.1) is 6.92 Å². The average Bonchev–Trinajstić information content (AvgIpc) is 3.14. The van der Waals surface area contributed by atoms with Gasteiger partial charge in [0.1, 0.15) is 23.7 Å². The molecule has 1 aliphatic carbocycles. The number of fused-ring (bicyclic) bond motifs is 1. The Morgan fingerprint density at radius 1 is 1.12 bits per heavy atom. The molecule has 1 aliphatic rings. The lowest BCUT2D eigenvalue weighted by Gasteiger charge is -2.41. The van der Waals surface area contributed by atoms with E-state index in [1.807, 2.05) is 18.9 Å². The van der Waals surface area contributed by atoms with Crippen LogP contribution in [0.3, 0.4) is 0 Å². The molecule has 0 spiro atoms. The number of rotatable bonds is 8. The van der Waals surface area contributed by atoms with E-state index in [-0.39, 0.29) is 22.6 Å². The quantitative estimate of drug-likeness (QED) is 0.501. The van der Waals surface area contributed by atoms with Gasteiger partial charge in [0.05, 0.1) is 10.3 Å². The van der Waals surface area contributed by atoms with Crippen LogP contribution < -0.4 is 9.62 Å². The zero-order valence-corrected chi connectivity index (χ0v) is 20.1. The minimum absolute atomic E-state index is 0.00480. The highest BCUT2D eigenvalue weighted by atomic mass is 32.2. The maximum absolute atomic E-state index is 13.2. The number of aromatic nitrogens is 3. The fourth-order valence-electron chi connectivity index (χ4n) is 3.95. The van der Waals surface area contributed by atoms with E-state index >= 15 is 0 Å². The number of Topliss-reactive ketones (excluding diaryl/α,β-unsaturated/α-hetero) is 1. The highest BCUT2D eigenvalue weighted by molar-refractivity contribution is 7.90. The van der Waals surface area contributed by atoms with E-state index in [9.17, 15) is 21.6 Å². The first-order valence-electron chi connectivity index (χ1n) is 10.3. The molecule has 3 aromatic rings. The van der Waals surface area contributed by atoms with Gasteiger partial charge in [0, 0.05) is 25.3 Å². The Kier molecular flexibility index (Phi) is 6.01. The minimum Gasteiger partial charge on any atom is -0.356 e. The maximum atomic E-state index is 13.2. The number of carbonyl (C=O) groups is 1. The van der Waals surface area contributed by atoms with Crippen molar-refractivity contribution in [1.82, 2.24) is 18.7 Å². The van der Waals surface area contributed by atoms with Crippen LogP contribution in [0.25, 0.3) is 11.0 Å². The average molecular weight is 492 g/mol. The van der Waals surface area contributed by atoms with Crippen LogP contribution in [0.2, 0.25) is 0 Å². The molecule has 2 heterocycles. The van der Waals surface area contributed by atoms with Crippen molar-refractivity contribution in [2.45, 2.75) is 43.7 Å². The third-order valence-electron chi connectivity index (χ3n) is 5.74. The number of benzene rings is 1. The Labute approximate surface area is 192 Å². The van der Waals surface area contributed by atoms with Crippen LogP contribution in [0.15, 0.2) is 47.8 Å². The van der Waals surface area contributed by atoms with Crippen molar-refractivity contribution in [3.63, 3.8) is 0 Å². The summed E-state index contributed by atoms with van der Waals surface area (Å²) in [6.07, 6.45) is 3.87. The predicted molar refractivity (Wildman–Crippen MR) is 124 cm³/mol. The zero-order valence-electron chi connectivity index (χ0n) is 18.5. The Bertz CT molecular complexity index is 1410. The molecule has 12 heteroatoms. The van der Waals surface area contributed by atoms with Crippen LogP contribution in [-0.2, 0) is 24.8 Å². The topological polar surface area (TPSA) is 131 Å². The molecule has 0 amide bonds. The van der Waals surface area contributed by atoms with Gasteiger partial charge in [0.15, 0.2) is 5.65 Å². The van der Waals surface area contributed by atoms with Gasteiger partial charge in [-0.2, -0.15) is 0 Å². The van der Waals surface area contributed by atoms with Crippen molar-refractivity contribution in [2.24, 2.45) is 0 Å². The Morgan fingerprint density at radius 2 is 1.79 bits per heavy atom.